The lowest BCUT2D eigenvalue weighted by molar-refractivity contribution is 0.0877. The summed E-state index contributed by atoms with van der Waals surface area (Å²) in [6.45, 7) is 3.47. The maximum absolute atomic E-state index is 13.4. The number of ketones is 1. The predicted octanol–water partition coefficient (Wildman–Crippen LogP) is 6.30. The Balaban J connectivity index is 1.43. The van der Waals surface area contributed by atoms with Gasteiger partial charge >= 0.3 is 0 Å². The van der Waals surface area contributed by atoms with Gasteiger partial charge in [0, 0.05) is 34.3 Å². The third-order valence-electron chi connectivity index (χ3n) is 6.40. The quantitative estimate of drug-likeness (QED) is 0.339. The van der Waals surface area contributed by atoms with Crippen molar-refractivity contribution in [2.75, 3.05) is 28.1 Å². The second kappa shape index (κ2) is 10.2. The Morgan fingerprint density at radius 1 is 1.00 bits per heavy atom. The minimum Gasteiger partial charge on any atom is -0.493 e. The molecule has 37 heavy (non-hydrogen) atoms. The molecule has 192 valence electrons. The van der Waals surface area contributed by atoms with Crippen LogP contribution in [-0.2, 0) is 13.1 Å². The van der Waals surface area contributed by atoms with Gasteiger partial charge in [-0.1, -0.05) is 29.3 Å². The van der Waals surface area contributed by atoms with Crippen molar-refractivity contribution in [3.8, 4) is 28.7 Å². The second-order valence-corrected chi connectivity index (χ2v) is 9.60. The van der Waals surface area contributed by atoms with E-state index in [9.17, 15) is 4.79 Å². The van der Waals surface area contributed by atoms with E-state index >= 15 is 0 Å². The molecule has 5 rings (SSSR count). The number of methoxy groups -OCH3 is 3. The molecule has 0 spiro atoms. The number of hydrogen-bond acceptors (Lipinski definition) is 7. The minimum absolute atomic E-state index is 0.201. The van der Waals surface area contributed by atoms with E-state index in [0.717, 1.165) is 22.4 Å². The van der Waals surface area contributed by atoms with E-state index in [4.69, 9.17) is 46.9 Å². The van der Waals surface area contributed by atoms with Crippen molar-refractivity contribution in [3.05, 3.63) is 80.0 Å². The molecule has 0 saturated carbocycles. The highest BCUT2D eigenvalue weighted by molar-refractivity contribution is 6.35. The van der Waals surface area contributed by atoms with E-state index in [-0.39, 0.29) is 11.5 Å². The number of nitrogens with zero attached hydrogens (tertiary/aromatic N) is 1. The first-order valence-electron chi connectivity index (χ1n) is 11.5. The van der Waals surface area contributed by atoms with Crippen LogP contribution in [0.3, 0.4) is 0 Å². The van der Waals surface area contributed by atoms with Gasteiger partial charge in [-0.2, -0.15) is 0 Å². The predicted molar refractivity (Wildman–Crippen MR) is 141 cm³/mol. The average molecular weight is 542 g/mol. The first-order chi connectivity index (χ1) is 17.8. The van der Waals surface area contributed by atoms with Crippen LogP contribution in [0.4, 0.5) is 0 Å². The monoisotopic (exact) mass is 541 g/mol. The number of fused-ring (bicyclic) bond motifs is 2. The lowest BCUT2D eigenvalue weighted by atomic mass is 9.99. The van der Waals surface area contributed by atoms with Gasteiger partial charge in [-0.15, -0.1) is 0 Å². The van der Waals surface area contributed by atoms with Gasteiger partial charge in [-0.3, -0.25) is 9.69 Å². The summed E-state index contributed by atoms with van der Waals surface area (Å²) in [6, 6.07) is 10.8. The largest absolute Gasteiger partial charge is 0.493 e. The second-order valence-electron chi connectivity index (χ2n) is 8.76. The van der Waals surface area contributed by atoms with Crippen LogP contribution in [0, 0.1) is 6.92 Å². The number of halogens is 2. The Hall–Kier alpha value is -3.39. The Morgan fingerprint density at radius 2 is 1.73 bits per heavy atom. The van der Waals surface area contributed by atoms with Gasteiger partial charge in [0.2, 0.25) is 11.5 Å². The zero-order valence-electron chi connectivity index (χ0n) is 20.8. The number of Topliss-reactive ketones (excluding diaryl/α,β-unsaturated/α-hetero) is 1. The third kappa shape index (κ3) is 4.70. The van der Waals surface area contributed by atoms with Gasteiger partial charge in [0.15, 0.2) is 17.3 Å². The third-order valence-corrected chi connectivity index (χ3v) is 6.98. The van der Waals surface area contributed by atoms with Crippen molar-refractivity contribution in [2.24, 2.45) is 0 Å². The first kappa shape index (κ1) is 25.3. The molecule has 2 heterocycles. The summed E-state index contributed by atoms with van der Waals surface area (Å²) in [5.74, 6) is 2.69. The Kier molecular flexibility index (Phi) is 6.94. The van der Waals surface area contributed by atoms with E-state index in [0.29, 0.717) is 64.0 Å². The van der Waals surface area contributed by atoms with Crippen LogP contribution in [0.5, 0.6) is 28.7 Å². The molecule has 9 heteroatoms. The summed E-state index contributed by atoms with van der Waals surface area (Å²) < 4.78 is 28.4. The molecule has 2 aliphatic rings. The lowest BCUT2D eigenvalue weighted by Crippen LogP contribution is -2.32. The van der Waals surface area contributed by atoms with Crippen molar-refractivity contribution < 1.29 is 28.5 Å². The van der Waals surface area contributed by atoms with Crippen LogP contribution in [-0.4, -0.2) is 38.7 Å². The van der Waals surface area contributed by atoms with Gasteiger partial charge in [-0.25, -0.2) is 0 Å². The normalized spacial score (nSPS) is 15.6. The summed E-state index contributed by atoms with van der Waals surface area (Å²) in [5.41, 5.74) is 3.84. The average Bonchev–Trinajstić information content (AvgIpc) is 3.20. The van der Waals surface area contributed by atoms with Crippen molar-refractivity contribution >= 4 is 35.1 Å². The Bertz CT molecular complexity index is 1410. The molecule has 0 amide bonds. The van der Waals surface area contributed by atoms with E-state index in [1.54, 1.807) is 38.5 Å². The van der Waals surface area contributed by atoms with Crippen molar-refractivity contribution in [1.29, 1.82) is 0 Å². The van der Waals surface area contributed by atoms with Gasteiger partial charge in [-0.05, 0) is 54.5 Å². The standard InChI is InChI=1S/C28H25Cl2NO6/c1-15-26-18(13-31(14-36-26)12-17-5-6-19(29)11-21(17)30)10-20-25(32)22(37-27(15)20)7-16-8-23(33-2)28(35-4)24(9-16)34-3/h5-11H,12-14H2,1-4H3/b22-7-. The van der Waals surface area contributed by atoms with Gasteiger partial charge in [0.25, 0.3) is 0 Å². The summed E-state index contributed by atoms with van der Waals surface area (Å²) in [7, 11) is 4.62. The highest BCUT2D eigenvalue weighted by Crippen LogP contribution is 2.44. The van der Waals surface area contributed by atoms with Gasteiger partial charge in [0.1, 0.15) is 18.2 Å². The van der Waals surface area contributed by atoms with E-state index < -0.39 is 0 Å². The Morgan fingerprint density at radius 3 is 2.38 bits per heavy atom. The molecule has 0 atom stereocenters. The molecular formula is C28H25Cl2NO6. The van der Waals surface area contributed by atoms with E-state index in [1.165, 1.54) is 7.11 Å². The number of rotatable bonds is 6. The smallest absolute Gasteiger partial charge is 0.231 e. The fourth-order valence-electron chi connectivity index (χ4n) is 4.62. The molecule has 0 radical (unpaired) electrons. The number of benzene rings is 3. The maximum Gasteiger partial charge on any atom is 0.231 e. The first-order valence-corrected chi connectivity index (χ1v) is 12.3. The molecule has 0 N–H and O–H groups in total. The van der Waals surface area contributed by atoms with Crippen LogP contribution >= 0.6 is 23.2 Å². The molecule has 0 saturated heterocycles. The van der Waals surface area contributed by atoms with Crippen LogP contribution in [0.25, 0.3) is 6.08 Å². The number of ether oxygens (including phenoxy) is 5. The summed E-state index contributed by atoms with van der Waals surface area (Å²) in [4.78, 5) is 15.5. The fraction of sp³-hybridized carbons (Fsp3) is 0.250. The minimum atomic E-state index is -0.201. The molecule has 0 bridgehead atoms. The topological polar surface area (TPSA) is 66.5 Å². The van der Waals surface area contributed by atoms with Gasteiger partial charge in [0.05, 0.1) is 26.9 Å². The van der Waals surface area contributed by atoms with Crippen molar-refractivity contribution in [3.63, 3.8) is 0 Å². The molecule has 0 aliphatic carbocycles. The van der Waals surface area contributed by atoms with Crippen LogP contribution in [0.1, 0.15) is 32.6 Å². The maximum atomic E-state index is 13.4. The van der Waals surface area contributed by atoms with Crippen molar-refractivity contribution in [2.45, 2.75) is 20.0 Å². The number of carbonyl (C=O) groups is 1. The molecule has 3 aromatic carbocycles. The Labute approximate surface area is 225 Å². The highest BCUT2D eigenvalue weighted by atomic mass is 35.5. The molecule has 3 aromatic rings. The summed E-state index contributed by atoms with van der Waals surface area (Å²) in [5, 5.41) is 1.20. The molecule has 0 unspecified atom stereocenters. The van der Waals surface area contributed by atoms with Crippen LogP contribution < -0.4 is 23.7 Å². The highest BCUT2D eigenvalue weighted by Gasteiger charge is 2.34. The number of hydrogen-bond donors (Lipinski definition) is 0. The summed E-state index contributed by atoms with van der Waals surface area (Å²) >= 11 is 12.4. The fourth-order valence-corrected chi connectivity index (χ4v) is 5.09. The van der Waals surface area contributed by atoms with E-state index in [1.807, 2.05) is 25.1 Å². The lowest BCUT2D eigenvalue weighted by Gasteiger charge is -2.30. The SMILES string of the molecule is COc1cc(/C=C2\Oc3c(cc4c(c3C)OCN(Cc3ccc(Cl)cc3Cl)C4)C2=O)cc(OC)c1OC. The molecule has 0 aromatic heterocycles. The number of allylic oxidation sites excluding steroid dienone is 1. The molecule has 0 fully saturated rings. The van der Waals surface area contributed by atoms with Crippen molar-refractivity contribution in [1.82, 2.24) is 4.90 Å². The molecule has 2 aliphatic heterocycles. The van der Waals surface area contributed by atoms with E-state index in [2.05, 4.69) is 4.90 Å². The van der Waals surface area contributed by atoms with Gasteiger partial charge < -0.3 is 23.7 Å². The molecule has 7 nitrogen and oxygen atoms in total. The zero-order valence-corrected chi connectivity index (χ0v) is 22.3. The summed E-state index contributed by atoms with van der Waals surface area (Å²) in [6.07, 6.45) is 1.67. The zero-order chi connectivity index (χ0) is 26.3. The van der Waals surface area contributed by atoms with Crippen LogP contribution in [0.15, 0.2) is 42.2 Å². The molecular weight excluding hydrogens is 517 g/mol. The number of carbonyl (C=O) groups excluding carboxylic acids is 1. The van der Waals surface area contributed by atoms with Crippen LogP contribution in [0.2, 0.25) is 10.0 Å².